The summed E-state index contributed by atoms with van der Waals surface area (Å²) >= 11 is 0. The van der Waals surface area contributed by atoms with Crippen LogP contribution in [0, 0.1) is 17.8 Å². The van der Waals surface area contributed by atoms with Crippen molar-refractivity contribution in [2.75, 3.05) is 0 Å². The van der Waals surface area contributed by atoms with E-state index in [1.165, 1.54) is 31.2 Å². The van der Waals surface area contributed by atoms with Crippen molar-refractivity contribution >= 4 is 22.0 Å². The molecule has 2 aliphatic carbocycles. The minimum absolute atomic E-state index is 0.133. The van der Waals surface area contributed by atoms with Crippen LogP contribution in [0.25, 0.3) is 0 Å². The first-order valence-corrected chi connectivity index (χ1v) is 11.4. The fourth-order valence-electron chi connectivity index (χ4n) is 4.51. The highest BCUT2D eigenvalue weighted by Crippen LogP contribution is 2.49. The lowest BCUT2D eigenvalue weighted by Crippen LogP contribution is -2.43. The Labute approximate surface area is 171 Å². The second kappa shape index (κ2) is 9.09. The molecule has 29 heavy (non-hydrogen) atoms. The van der Waals surface area contributed by atoms with Crippen LogP contribution >= 0.6 is 0 Å². The molecule has 2 saturated carbocycles. The maximum Gasteiger partial charge on any atom is 0.308 e. The summed E-state index contributed by atoms with van der Waals surface area (Å²) in [5.74, 6) is -0.0341. The second-order valence-electron chi connectivity index (χ2n) is 7.84. The average Bonchev–Trinajstić information content (AvgIpc) is 3.23. The second-order valence-corrected chi connectivity index (χ2v) is 9.55. The van der Waals surface area contributed by atoms with E-state index in [9.17, 15) is 18.0 Å². The number of sulfonamides is 1. The summed E-state index contributed by atoms with van der Waals surface area (Å²) in [5, 5.41) is 8.72. The van der Waals surface area contributed by atoms with Crippen molar-refractivity contribution < 1.29 is 27.9 Å². The van der Waals surface area contributed by atoms with Gasteiger partial charge in [-0.2, -0.15) is 0 Å². The maximum absolute atomic E-state index is 12.9. The normalized spacial score (nSPS) is 26.1. The van der Waals surface area contributed by atoms with Crippen molar-refractivity contribution in [2.45, 2.75) is 56.4 Å². The smallest absolute Gasteiger partial charge is 0.308 e. The van der Waals surface area contributed by atoms with Gasteiger partial charge in [-0.3, -0.25) is 9.59 Å². The summed E-state index contributed by atoms with van der Waals surface area (Å²) in [6.45, 7) is 1.29. The predicted molar refractivity (Wildman–Crippen MR) is 107 cm³/mol. The first-order chi connectivity index (χ1) is 13.8. The molecule has 3 rings (SSSR count). The molecule has 0 radical (unpaired) electrons. The maximum atomic E-state index is 12.9. The molecule has 8 heteroatoms. The fourth-order valence-corrected chi connectivity index (χ4v) is 5.85. The number of hydrogen-bond acceptors (Lipinski definition) is 5. The van der Waals surface area contributed by atoms with Crippen molar-refractivity contribution in [2.24, 2.45) is 17.8 Å². The van der Waals surface area contributed by atoms with Crippen molar-refractivity contribution in [3.05, 3.63) is 36.4 Å². The molecule has 2 bridgehead atoms. The molecule has 2 aliphatic rings. The van der Waals surface area contributed by atoms with E-state index in [-0.39, 0.29) is 23.3 Å². The Hall–Kier alpha value is -2.19. The van der Waals surface area contributed by atoms with Gasteiger partial charge >= 0.3 is 11.9 Å². The number of rotatable bonds is 9. The molecule has 158 valence electrons. The summed E-state index contributed by atoms with van der Waals surface area (Å²) in [5.41, 5.74) is 0. The van der Waals surface area contributed by atoms with Gasteiger partial charge in [-0.25, -0.2) is 13.1 Å². The van der Waals surface area contributed by atoms with Gasteiger partial charge in [0.15, 0.2) is 0 Å². The number of unbranched alkanes of at least 4 members (excludes halogenated alkanes) is 1. The van der Waals surface area contributed by atoms with Gasteiger partial charge in [0.2, 0.25) is 10.0 Å². The van der Waals surface area contributed by atoms with Crippen LogP contribution in [0.5, 0.6) is 5.75 Å². The van der Waals surface area contributed by atoms with E-state index in [0.29, 0.717) is 30.4 Å². The molecule has 0 heterocycles. The van der Waals surface area contributed by atoms with E-state index in [4.69, 9.17) is 9.84 Å². The van der Waals surface area contributed by atoms with Crippen molar-refractivity contribution in [3.8, 4) is 5.75 Å². The molecule has 4 unspecified atom stereocenters. The Balaban J connectivity index is 1.66. The molecular weight excluding hydrogens is 394 g/mol. The number of carbonyl (C=O) groups is 2. The van der Waals surface area contributed by atoms with Crippen molar-refractivity contribution in [3.63, 3.8) is 0 Å². The zero-order valence-electron chi connectivity index (χ0n) is 16.4. The first kappa shape index (κ1) is 21.5. The highest BCUT2D eigenvalue weighted by atomic mass is 32.2. The number of carboxylic acid groups (broad SMARTS) is 1. The average molecular weight is 422 g/mol. The lowest BCUT2D eigenvalue weighted by Gasteiger charge is -2.29. The molecule has 2 N–H and O–H groups in total. The third-order valence-corrected chi connectivity index (χ3v) is 7.26. The van der Waals surface area contributed by atoms with Gasteiger partial charge in [-0.1, -0.05) is 12.2 Å². The van der Waals surface area contributed by atoms with E-state index < -0.39 is 22.0 Å². The minimum atomic E-state index is -3.69. The number of ether oxygens (including phenoxy) is 1. The number of benzene rings is 1. The topological polar surface area (TPSA) is 110 Å². The fraction of sp³-hybridized carbons (Fsp3) is 0.524. The lowest BCUT2D eigenvalue weighted by atomic mass is 9.84. The minimum Gasteiger partial charge on any atom is -0.481 e. The zero-order valence-corrected chi connectivity index (χ0v) is 17.2. The van der Waals surface area contributed by atoms with Crippen LogP contribution in [0.3, 0.4) is 0 Å². The molecule has 0 aliphatic heterocycles. The van der Waals surface area contributed by atoms with Crippen LogP contribution in [-0.4, -0.2) is 31.5 Å². The third kappa shape index (κ3) is 5.45. The molecule has 0 amide bonds. The number of aliphatic carboxylic acids is 1. The lowest BCUT2D eigenvalue weighted by molar-refractivity contribution is -0.137. The molecule has 0 saturated heterocycles. The van der Waals surface area contributed by atoms with E-state index in [0.717, 1.165) is 19.3 Å². The summed E-state index contributed by atoms with van der Waals surface area (Å²) in [4.78, 5) is 21.8. The summed E-state index contributed by atoms with van der Waals surface area (Å²) in [6, 6.07) is 5.66. The molecule has 0 aromatic heterocycles. The Morgan fingerprint density at radius 2 is 1.90 bits per heavy atom. The molecule has 1 aromatic rings. The van der Waals surface area contributed by atoms with Crippen LogP contribution in [-0.2, 0) is 19.6 Å². The summed E-state index contributed by atoms with van der Waals surface area (Å²) in [7, 11) is -3.69. The van der Waals surface area contributed by atoms with E-state index in [1.54, 1.807) is 0 Å². The predicted octanol–water partition coefficient (Wildman–Crippen LogP) is 3.12. The number of nitrogens with one attached hydrogen (secondary N) is 1. The summed E-state index contributed by atoms with van der Waals surface area (Å²) in [6.07, 6.45) is 8.60. The van der Waals surface area contributed by atoms with E-state index in [1.807, 2.05) is 6.08 Å². The molecule has 7 nitrogen and oxygen atoms in total. The Morgan fingerprint density at radius 1 is 1.21 bits per heavy atom. The number of fused-ring (bicyclic) bond motifs is 2. The van der Waals surface area contributed by atoms with Gasteiger partial charge in [0.05, 0.1) is 4.90 Å². The van der Waals surface area contributed by atoms with Crippen LogP contribution in [0.15, 0.2) is 41.3 Å². The highest BCUT2D eigenvalue weighted by molar-refractivity contribution is 7.89. The van der Waals surface area contributed by atoms with Crippen LogP contribution in [0.2, 0.25) is 0 Å². The molecule has 4 atom stereocenters. The Kier molecular flexibility index (Phi) is 6.74. The number of carbonyl (C=O) groups excluding carboxylic acids is 1. The third-order valence-electron chi connectivity index (χ3n) is 5.79. The van der Waals surface area contributed by atoms with Crippen molar-refractivity contribution in [1.29, 1.82) is 0 Å². The van der Waals surface area contributed by atoms with E-state index >= 15 is 0 Å². The Bertz CT molecular complexity index is 877. The monoisotopic (exact) mass is 421 g/mol. The SMILES string of the molecule is CC(=O)Oc1ccc(S(=O)(=O)NC2C3CCC(C3)C2/C=C\CCCC(=O)O)cc1. The van der Waals surface area contributed by atoms with Gasteiger partial charge < -0.3 is 9.84 Å². The van der Waals surface area contributed by atoms with Gasteiger partial charge in [0.25, 0.3) is 0 Å². The molecule has 0 spiro atoms. The van der Waals surface area contributed by atoms with E-state index in [2.05, 4.69) is 10.8 Å². The first-order valence-electron chi connectivity index (χ1n) is 9.95. The zero-order chi connectivity index (χ0) is 21.0. The van der Waals surface area contributed by atoms with Crippen LogP contribution in [0.1, 0.15) is 45.4 Å². The van der Waals surface area contributed by atoms with Crippen molar-refractivity contribution in [1.82, 2.24) is 4.72 Å². The number of esters is 1. The molecular formula is C21H27NO6S. The van der Waals surface area contributed by atoms with Crippen LogP contribution in [0.4, 0.5) is 0 Å². The Morgan fingerprint density at radius 3 is 2.55 bits per heavy atom. The summed E-state index contributed by atoms with van der Waals surface area (Å²) < 4.78 is 33.6. The largest absolute Gasteiger partial charge is 0.481 e. The molecule has 1 aromatic carbocycles. The van der Waals surface area contributed by atoms with Gasteiger partial charge in [0.1, 0.15) is 5.75 Å². The van der Waals surface area contributed by atoms with Crippen LogP contribution < -0.4 is 9.46 Å². The number of allylic oxidation sites excluding steroid dienone is 1. The van der Waals surface area contributed by atoms with Gasteiger partial charge in [0, 0.05) is 19.4 Å². The standard InChI is InChI=1S/C21H27NO6S/c1-14(23)28-17-9-11-18(12-10-17)29(26,27)22-21-16-8-7-15(13-16)19(21)5-3-2-4-6-20(24)25/h3,5,9-12,15-16,19,21-22H,2,4,6-8,13H2,1H3,(H,24,25)/b5-3-. The quantitative estimate of drug-likeness (QED) is 0.274. The van der Waals surface area contributed by atoms with Gasteiger partial charge in [-0.05, 0) is 74.1 Å². The highest BCUT2D eigenvalue weighted by Gasteiger charge is 2.47. The van der Waals surface area contributed by atoms with Gasteiger partial charge in [-0.15, -0.1) is 0 Å². The molecule has 2 fully saturated rings. The number of hydrogen-bond donors (Lipinski definition) is 2. The number of carboxylic acids is 1.